The molecule has 0 saturated carbocycles. The van der Waals surface area contributed by atoms with Crippen molar-refractivity contribution >= 4 is 28.1 Å². The van der Waals surface area contributed by atoms with Gasteiger partial charge in [-0.15, -0.1) is 0 Å². The molecule has 16 heavy (non-hydrogen) atoms. The number of hydrogen-bond donors (Lipinski definition) is 3. The van der Waals surface area contributed by atoms with E-state index in [9.17, 15) is 22.8 Å². The molecule has 0 fully saturated rings. The molecular formula is C5H8NNaO8S. The van der Waals surface area contributed by atoms with Crippen LogP contribution in [0.15, 0.2) is 0 Å². The van der Waals surface area contributed by atoms with Gasteiger partial charge in [-0.1, -0.05) is 0 Å². The van der Waals surface area contributed by atoms with E-state index in [2.05, 4.69) is 10.5 Å². The van der Waals surface area contributed by atoms with E-state index in [1.165, 1.54) is 0 Å². The standard InChI is InChI=1S/C5H7NO8S.Na.H/c6-5(10)14-4(9)2(1-3(7)8)15(11,12)13;;/h2H,1H2,(H2,6,10)(H,7,8)(H,11,12,13);;/q;+1;-1. The molecule has 0 rings (SSSR count). The van der Waals surface area contributed by atoms with Gasteiger partial charge in [-0.2, -0.15) is 8.42 Å². The van der Waals surface area contributed by atoms with Gasteiger partial charge in [0.25, 0.3) is 10.1 Å². The molecule has 0 aliphatic heterocycles. The monoisotopic (exact) mass is 265 g/mol. The molecule has 0 aliphatic rings. The fraction of sp³-hybridized carbons (Fsp3) is 0.400. The topological polar surface area (TPSA) is 161 Å². The molecule has 0 radical (unpaired) electrons. The molecule has 1 unspecified atom stereocenters. The van der Waals surface area contributed by atoms with E-state index in [0.717, 1.165) is 0 Å². The zero-order valence-electron chi connectivity index (χ0n) is 9.11. The Morgan fingerprint density at radius 3 is 2.06 bits per heavy atom. The van der Waals surface area contributed by atoms with Gasteiger partial charge in [-0.3, -0.25) is 9.35 Å². The van der Waals surface area contributed by atoms with Crippen LogP contribution in [0.5, 0.6) is 0 Å². The van der Waals surface area contributed by atoms with E-state index >= 15 is 0 Å². The SMILES string of the molecule is NC(=O)OC(=O)C(CC(=O)O)S(=O)(=O)O.[H-].[Na+]. The van der Waals surface area contributed by atoms with Gasteiger partial charge in [0, 0.05) is 0 Å². The summed E-state index contributed by atoms with van der Waals surface area (Å²) >= 11 is 0. The fourth-order valence-electron chi connectivity index (χ4n) is 0.634. The summed E-state index contributed by atoms with van der Waals surface area (Å²) in [7, 11) is -4.97. The Bertz CT molecular complexity index is 395. The van der Waals surface area contributed by atoms with Crippen molar-refractivity contribution in [3.8, 4) is 0 Å². The number of primary amides is 1. The second-order valence-electron chi connectivity index (χ2n) is 2.34. The zero-order valence-corrected chi connectivity index (χ0v) is 10.9. The van der Waals surface area contributed by atoms with Crippen molar-refractivity contribution in [2.45, 2.75) is 11.7 Å². The van der Waals surface area contributed by atoms with Gasteiger partial charge in [-0.05, 0) is 0 Å². The van der Waals surface area contributed by atoms with Gasteiger partial charge in [-0.25, -0.2) is 9.59 Å². The molecule has 1 amide bonds. The van der Waals surface area contributed by atoms with Crippen LogP contribution in [0, 0.1) is 0 Å². The Labute approximate surface area is 113 Å². The van der Waals surface area contributed by atoms with E-state index in [1.54, 1.807) is 0 Å². The molecule has 0 aromatic carbocycles. The first-order chi connectivity index (χ1) is 6.64. The van der Waals surface area contributed by atoms with Crippen LogP contribution in [0.3, 0.4) is 0 Å². The summed E-state index contributed by atoms with van der Waals surface area (Å²) in [6.45, 7) is 0. The number of esters is 1. The number of hydrogen-bond acceptors (Lipinski definition) is 6. The maximum Gasteiger partial charge on any atom is 1.00 e. The van der Waals surface area contributed by atoms with Crippen LogP contribution in [-0.2, 0) is 24.4 Å². The molecule has 88 valence electrons. The van der Waals surface area contributed by atoms with Crippen LogP contribution >= 0.6 is 0 Å². The predicted octanol–water partition coefficient (Wildman–Crippen LogP) is -4.54. The Balaban J connectivity index is -0.000000980. The van der Waals surface area contributed by atoms with E-state index < -0.39 is 39.8 Å². The number of carboxylic acids is 1. The number of carbonyl (C=O) groups excluding carboxylic acids is 2. The van der Waals surface area contributed by atoms with Gasteiger partial charge in [0.15, 0.2) is 5.25 Å². The Morgan fingerprint density at radius 1 is 1.38 bits per heavy atom. The first-order valence-electron chi connectivity index (χ1n) is 3.33. The van der Waals surface area contributed by atoms with Gasteiger partial charge in [0.2, 0.25) is 0 Å². The van der Waals surface area contributed by atoms with E-state index in [4.69, 9.17) is 9.66 Å². The van der Waals surface area contributed by atoms with Crippen LogP contribution in [-0.4, -0.2) is 41.4 Å². The minimum Gasteiger partial charge on any atom is -1.00 e. The number of nitrogens with two attached hydrogens (primary N) is 1. The van der Waals surface area contributed by atoms with Crippen LogP contribution in [0.2, 0.25) is 0 Å². The molecule has 0 aromatic heterocycles. The minimum absolute atomic E-state index is 0. The number of carboxylic acid groups (broad SMARTS) is 1. The van der Waals surface area contributed by atoms with E-state index in [1.807, 2.05) is 0 Å². The zero-order chi connectivity index (χ0) is 12.2. The third-order valence-electron chi connectivity index (χ3n) is 1.18. The van der Waals surface area contributed by atoms with Crippen molar-refractivity contribution in [1.29, 1.82) is 0 Å². The first kappa shape index (κ1) is 17.7. The Morgan fingerprint density at radius 2 is 1.81 bits per heavy atom. The van der Waals surface area contributed by atoms with Gasteiger partial charge in [0.1, 0.15) is 0 Å². The average molecular weight is 265 g/mol. The summed E-state index contributed by atoms with van der Waals surface area (Å²) in [6, 6.07) is 0. The van der Waals surface area contributed by atoms with E-state index in [0.29, 0.717) is 0 Å². The van der Waals surface area contributed by atoms with Gasteiger partial charge >= 0.3 is 47.6 Å². The summed E-state index contributed by atoms with van der Waals surface area (Å²) in [5.74, 6) is -3.41. The quantitative estimate of drug-likeness (QED) is 0.198. The molecule has 11 heteroatoms. The van der Waals surface area contributed by atoms with Crippen molar-refractivity contribution in [3.05, 3.63) is 0 Å². The van der Waals surface area contributed by atoms with Crippen LogP contribution in [0.4, 0.5) is 4.79 Å². The van der Waals surface area contributed by atoms with Crippen molar-refractivity contribution in [1.82, 2.24) is 0 Å². The molecule has 0 aromatic rings. The van der Waals surface area contributed by atoms with Crippen molar-refractivity contribution < 1.29 is 68.2 Å². The fourth-order valence-corrected chi connectivity index (χ4v) is 1.28. The second-order valence-corrected chi connectivity index (χ2v) is 3.94. The number of ether oxygens (including phenoxy) is 1. The van der Waals surface area contributed by atoms with Crippen molar-refractivity contribution in [2.24, 2.45) is 5.73 Å². The summed E-state index contributed by atoms with van der Waals surface area (Å²) in [5.41, 5.74) is 4.40. The average Bonchev–Trinajstić information content (AvgIpc) is 1.95. The second kappa shape index (κ2) is 6.81. The molecule has 4 N–H and O–H groups in total. The molecule has 0 spiro atoms. The smallest absolute Gasteiger partial charge is 1.00 e. The maximum absolute atomic E-state index is 10.8. The van der Waals surface area contributed by atoms with Crippen LogP contribution < -0.4 is 35.3 Å². The Kier molecular flexibility index (Phi) is 7.53. The maximum atomic E-state index is 10.8. The number of carbonyl (C=O) groups is 3. The van der Waals surface area contributed by atoms with Crippen molar-refractivity contribution in [3.63, 3.8) is 0 Å². The van der Waals surface area contributed by atoms with E-state index in [-0.39, 0.29) is 31.0 Å². The molecule has 0 heterocycles. The summed E-state index contributed by atoms with van der Waals surface area (Å²) in [5, 5.41) is 5.86. The Hall–Kier alpha value is -0.680. The van der Waals surface area contributed by atoms with Gasteiger partial charge in [0.05, 0.1) is 6.42 Å². The first-order valence-corrected chi connectivity index (χ1v) is 4.84. The van der Waals surface area contributed by atoms with Crippen LogP contribution in [0.1, 0.15) is 7.85 Å². The van der Waals surface area contributed by atoms with Gasteiger partial charge < -0.3 is 17.0 Å². The number of rotatable bonds is 4. The number of aliphatic carboxylic acids is 1. The molecule has 1 atom stereocenters. The van der Waals surface area contributed by atoms with Crippen molar-refractivity contribution in [2.75, 3.05) is 0 Å². The molecule has 0 saturated heterocycles. The summed E-state index contributed by atoms with van der Waals surface area (Å²) in [6.07, 6.45) is -2.83. The normalized spacial score (nSPS) is 12.1. The summed E-state index contributed by atoms with van der Waals surface area (Å²) < 4.78 is 33.2. The molecule has 0 aliphatic carbocycles. The predicted molar refractivity (Wildman–Crippen MR) is 44.4 cm³/mol. The third kappa shape index (κ3) is 6.74. The minimum atomic E-state index is -4.97. The van der Waals surface area contributed by atoms with Crippen LogP contribution in [0.25, 0.3) is 0 Å². The molecule has 0 bridgehead atoms. The third-order valence-corrected chi connectivity index (χ3v) is 2.26. The summed E-state index contributed by atoms with van der Waals surface area (Å²) in [4.78, 5) is 31.0. The number of amides is 1. The molecular weight excluding hydrogens is 257 g/mol. The largest absolute Gasteiger partial charge is 1.00 e. The molecule has 9 nitrogen and oxygen atoms in total.